The van der Waals surface area contributed by atoms with E-state index >= 15 is 0 Å². The van der Waals surface area contributed by atoms with Crippen LogP contribution >= 0.6 is 11.8 Å². The summed E-state index contributed by atoms with van der Waals surface area (Å²) in [6.07, 6.45) is 0.943. The van der Waals surface area contributed by atoms with Crippen molar-refractivity contribution in [3.8, 4) is 6.07 Å². The fraction of sp³-hybridized carbons (Fsp3) is 0.889. The van der Waals surface area contributed by atoms with Gasteiger partial charge >= 0.3 is 0 Å². The van der Waals surface area contributed by atoms with E-state index in [1.165, 1.54) is 0 Å². The van der Waals surface area contributed by atoms with Crippen molar-refractivity contribution in [3.05, 3.63) is 0 Å². The lowest BCUT2D eigenvalue weighted by Gasteiger charge is -2.15. The van der Waals surface area contributed by atoms with E-state index in [9.17, 15) is 0 Å². The number of thioether (sulfide) groups is 1. The van der Waals surface area contributed by atoms with Crippen LogP contribution in [0.2, 0.25) is 0 Å². The normalized spacial score (nSPS) is 13.9. The lowest BCUT2D eigenvalue weighted by molar-refractivity contribution is 0.482. The van der Waals surface area contributed by atoms with Crippen LogP contribution in [-0.4, -0.2) is 17.5 Å². The first-order valence-corrected chi connectivity index (χ1v) is 5.29. The lowest BCUT2D eigenvalue weighted by atomic mass is 9.93. The van der Waals surface area contributed by atoms with Gasteiger partial charge in [0.1, 0.15) is 0 Å². The third-order valence-corrected chi connectivity index (χ3v) is 2.97. The topological polar surface area (TPSA) is 49.8 Å². The second kappa shape index (κ2) is 5.45. The van der Waals surface area contributed by atoms with E-state index in [2.05, 4.69) is 13.0 Å². The molecule has 1 atom stereocenters. The molecule has 0 aliphatic heterocycles. The van der Waals surface area contributed by atoms with Crippen LogP contribution in [0.1, 0.15) is 27.2 Å². The zero-order chi connectivity index (χ0) is 9.61. The van der Waals surface area contributed by atoms with Gasteiger partial charge in [-0.15, -0.1) is 0 Å². The minimum absolute atomic E-state index is 0.179. The number of rotatable bonds is 5. The Morgan fingerprint density at radius 1 is 1.58 bits per heavy atom. The Morgan fingerprint density at radius 2 is 2.17 bits per heavy atom. The molecular weight excluding hydrogens is 168 g/mol. The van der Waals surface area contributed by atoms with Gasteiger partial charge in [-0.1, -0.05) is 6.92 Å². The molecule has 0 fully saturated rings. The van der Waals surface area contributed by atoms with Crippen molar-refractivity contribution in [2.24, 2.45) is 11.1 Å². The average molecular weight is 186 g/mol. The molecule has 0 aromatic carbocycles. The highest BCUT2D eigenvalue weighted by atomic mass is 32.2. The maximum absolute atomic E-state index is 8.73. The van der Waals surface area contributed by atoms with Gasteiger partial charge in [0.05, 0.1) is 11.5 Å². The predicted octanol–water partition coefficient (Wildman–Crippen LogP) is 2.01. The van der Waals surface area contributed by atoms with Crippen LogP contribution in [0.3, 0.4) is 0 Å². The summed E-state index contributed by atoms with van der Waals surface area (Å²) < 4.78 is 0. The molecule has 0 aromatic heterocycles. The van der Waals surface area contributed by atoms with Gasteiger partial charge < -0.3 is 5.73 Å². The van der Waals surface area contributed by atoms with E-state index in [0.29, 0.717) is 5.25 Å². The number of hydrogen-bond donors (Lipinski definition) is 1. The van der Waals surface area contributed by atoms with Crippen LogP contribution in [0.25, 0.3) is 0 Å². The summed E-state index contributed by atoms with van der Waals surface area (Å²) in [6, 6.07) is 2.29. The van der Waals surface area contributed by atoms with Crippen molar-refractivity contribution in [3.63, 3.8) is 0 Å². The highest BCUT2D eigenvalue weighted by Gasteiger charge is 2.16. The molecular formula is C9H18N2S. The highest BCUT2D eigenvalue weighted by molar-refractivity contribution is 7.99. The third-order valence-electron chi connectivity index (χ3n) is 1.76. The van der Waals surface area contributed by atoms with Gasteiger partial charge in [-0.3, -0.25) is 0 Å². The monoisotopic (exact) mass is 186 g/mol. The molecule has 0 aliphatic rings. The van der Waals surface area contributed by atoms with Gasteiger partial charge in [-0.05, 0) is 26.0 Å². The van der Waals surface area contributed by atoms with Crippen molar-refractivity contribution in [2.45, 2.75) is 32.4 Å². The number of nitrogens with zero attached hydrogens (tertiary/aromatic N) is 1. The zero-order valence-corrected chi connectivity index (χ0v) is 8.95. The lowest BCUT2D eigenvalue weighted by Crippen LogP contribution is -2.15. The largest absolute Gasteiger partial charge is 0.329 e. The first kappa shape index (κ1) is 11.8. The molecule has 0 heterocycles. The Labute approximate surface area is 79.5 Å². The van der Waals surface area contributed by atoms with Gasteiger partial charge in [0.25, 0.3) is 0 Å². The van der Waals surface area contributed by atoms with Crippen LogP contribution in [-0.2, 0) is 0 Å². The molecule has 1 unspecified atom stereocenters. The van der Waals surface area contributed by atoms with Crippen molar-refractivity contribution < 1.29 is 0 Å². The smallest absolute Gasteiger partial charge is 0.0684 e. The number of nitrogens with two attached hydrogens (primary N) is 1. The van der Waals surface area contributed by atoms with E-state index in [0.717, 1.165) is 18.7 Å². The molecule has 0 saturated carbocycles. The fourth-order valence-electron chi connectivity index (χ4n) is 0.639. The molecule has 0 bridgehead atoms. The summed E-state index contributed by atoms with van der Waals surface area (Å²) in [6.45, 7) is 6.78. The molecule has 0 spiro atoms. The van der Waals surface area contributed by atoms with Gasteiger partial charge in [-0.25, -0.2) is 0 Å². The fourth-order valence-corrected chi connectivity index (χ4v) is 1.81. The molecule has 0 amide bonds. The standard InChI is InChI=1S/C9H18N2S/c1-8(6-10)12-5-4-9(2,3)7-11/h8H,4-6,10H2,1-3H3. The van der Waals surface area contributed by atoms with E-state index in [-0.39, 0.29) is 5.41 Å². The number of nitriles is 1. The number of hydrogen-bond acceptors (Lipinski definition) is 3. The van der Waals surface area contributed by atoms with Gasteiger partial charge in [-0.2, -0.15) is 17.0 Å². The van der Waals surface area contributed by atoms with Gasteiger partial charge in [0.15, 0.2) is 0 Å². The summed E-state index contributed by atoms with van der Waals surface area (Å²) in [5.74, 6) is 1.03. The van der Waals surface area contributed by atoms with Crippen LogP contribution in [0.5, 0.6) is 0 Å². The van der Waals surface area contributed by atoms with Crippen LogP contribution in [0.4, 0.5) is 0 Å². The zero-order valence-electron chi connectivity index (χ0n) is 8.13. The van der Waals surface area contributed by atoms with E-state index in [1.807, 2.05) is 25.6 Å². The minimum Gasteiger partial charge on any atom is -0.329 e. The Balaban J connectivity index is 3.51. The maximum atomic E-state index is 8.73. The molecule has 0 aliphatic carbocycles. The molecule has 0 saturated heterocycles. The van der Waals surface area contributed by atoms with E-state index in [1.54, 1.807) is 0 Å². The van der Waals surface area contributed by atoms with Crippen molar-refractivity contribution >= 4 is 11.8 Å². The summed E-state index contributed by atoms with van der Waals surface area (Å²) in [7, 11) is 0. The second-order valence-electron chi connectivity index (χ2n) is 3.66. The second-order valence-corrected chi connectivity index (χ2v) is 5.21. The van der Waals surface area contributed by atoms with Crippen molar-refractivity contribution in [2.75, 3.05) is 12.3 Å². The molecule has 0 radical (unpaired) electrons. The maximum Gasteiger partial charge on any atom is 0.0684 e. The van der Waals surface area contributed by atoms with Gasteiger partial charge in [0, 0.05) is 11.8 Å². The highest BCUT2D eigenvalue weighted by Crippen LogP contribution is 2.22. The molecule has 2 N–H and O–H groups in total. The molecule has 12 heavy (non-hydrogen) atoms. The minimum atomic E-state index is -0.179. The summed E-state index contributed by atoms with van der Waals surface area (Å²) >= 11 is 1.84. The van der Waals surface area contributed by atoms with Crippen LogP contribution in [0.15, 0.2) is 0 Å². The average Bonchev–Trinajstić information content (AvgIpc) is 2.04. The van der Waals surface area contributed by atoms with Crippen LogP contribution in [0, 0.1) is 16.7 Å². The Morgan fingerprint density at radius 3 is 2.58 bits per heavy atom. The molecule has 0 rings (SSSR count). The quantitative estimate of drug-likeness (QED) is 0.714. The predicted molar refractivity (Wildman–Crippen MR) is 55.0 cm³/mol. The Kier molecular flexibility index (Phi) is 5.36. The Bertz CT molecular complexity index is 160. The van der Waals surface area contributed by atoms with Crippen molar-refractivity contribution in [1.29, 1.82) is 5.26 Å². The summed E-state index contributed by atoms with van der Waals surface area (Å²) in [5, 5.41) is 9.25. The first-order valence-electron chi connectivity index (χ1n) is 4.25. The third kappa shape index (κ3) is 5.45. The molecule has 3 heteroatoms. The van der Waals surface area contributed by atoms with E-state index in [4.69, 9.17) is 11.0 Å². The SMILES string of the molecule is CC(CN)SCCC(C)(C)C#N. The molecule has 70 valence electrons. The summed E-state index contributed by atoms with van der Waals surface area (Å²) in [5.41, 5.74) is 5.29. The van der Waals surface area contributed by atoms with Crippen LogP contribution < -0.4 is 5.73 Å². The first-order chi connectivity index (χ1) is 5.52. The molecule has 0 aromatic rings. The molecule has 2 nitrogen and oxygen atoms in total. The summed E-state index contributed by atoms with van der Waals surface area (Å²) in [4.78, 5) is 0. The Hall–Kier alpha value is -0.200. The van der Waals surface area contributed by atoms with Gasteiger partial charge in [0.2, 0.25) is 0 Å². The van der Waals surface area contributed by atoms with E-state index < -0.39 is 0 Å². The van der Waals surface area contributed by atoms with Crippen molar-refractivity contribution in [1.82, 2.24) is 0 Å².